The quantitative estimate of drug-likeness (QED) is 0.262. The Balaban J connectivity index is 1.62. The Hall–Kier alpha value is -3.66. The lowest BCUT2D eigenvalue weighted by Crippen LogP contribution is -2.53. The molecule has 1 saturated carbocycles. The fraction of sp³-hybridized carbons (Fsp3) is 0.516. The third-order valence-electron chi connectivity index (χ3n) is 7.77. The maximum absolute atomic E-state index is 15.1. The molecule has 0 saturated heterocycles. The van der Waals surface area contributed by atoms with Crippen LogP contribution in [-0.4, -0.2) is 62.4 Å². The van der Waals surface area contributed by atoms with Crippen LogP contribution in [0.4, 0.5) is 32.4 Å². The molecule has 3 heterocycles. The second kappa shape index (κ2) is 13.1. The van der Waals surface area contributed by atoms with E-state index in [0.717, 1.165) is 0 Å². The summed E-state index contributed by atoms with van der Waals surface area (Å²) in [5.74, 6) is -5.06. The number of halogens is 6. The number of pyridine rings is 1. The lowest BCUT2D eigenvalue weighted by atomic mass is 9.86. The van der Waals surface area contributed by atoms with Gasteiger partial charge in [0, 0.05) is 25.4 Å². The third kappa shape index (κ3) is 7.74. The molecule has 254 valence electrons. The molecule has 2 aromatic heterocycles. The molecule has 0 spiro atoms. The van der Waals surface area contributed by atoms with Crippen molar-refractivity contribution >= 4 is 33.6 Å². The van der Waals surface area contributed by atoms with Gasteiger partial charge in [-0.1, -0.05) is 36.8 Å². The summed E-state index contributed by atoms with van der Waals surface area (Å²) in [6, 6.07) is 8.76. The second-order valence-corrected chi connectivity index (χ2v) is 13.4. The van der Waals surface area contributed by atoms with Crippen LogP contribution < -0.4 is 5.32 Å². The largest absolute Gasteiger partial charge is 0.444 e. The number of rotatable bonds is 5. The molecular formula is C31H33BrF5N5O5. The Morgan fingerprint density at radius 3 is 2.43 bits per heavy atom. The Kier molecular flexibility index (Phi) is 9.66. The first kappa shape index (κ1) is 34.7. The molecule has 5 rings (SSSR count). The van der Waals surface area contributed by atoms with Crippen molar-refractivity contribution in [2.75, 3.05) is 11.9 Å². The number of anilines is 1. The molecule has 1 N–H and O–H groups in total. The van der Waals surface area contributed by atoms with Crippen molar-refractivity contribution < 1.29 is 45.4 Å². The van der Waals surface area contributed by atoms with Crippen LogP contribution in [0.1, 0.15) is 81.2 Å². The van der Waals surface area contributed by atoms with E-state index in [2.05, 4.69) is 36.4 Å². The Morgan fingerprint density at radius 2 is 1.79 bits per heavy atom. The first-order chi connectivity index (χ1) is 22.0. The first-order valence-electron chi connectivity index (χ1n) is 15.0. The van der Waals surface area contributed by atoms with Gasteiger partial charge in [0.05, 0.1) is 16.8 Å². The number of nitrogens with zero attached hydrogens (tertiary/aromatic N) is 4. The minimum Gasteiger partial charge on any atom is -0.444 e. The van der Waals surface area contributed by atoms with Crippen molar-refractivity contribution in [2.24, 2.45) is 0 Å². The van der Waals surface area contributed by atoms with E-state index < -0.39 is 79.0 Å². The highest BCUT2D eigenvalue weighted by Gasteiger charge is 2.61. The molecule has 1 aromatic carbocycles. The molecule has 0 radical (unpaired) electrons. The van der Waals surface area contributed by atoms with E-state index in [9.17, 15) is 18.4 Å². The monoisotopic (exact) mass is 729 g/mol. The van der Waals surface area contributed by atoms with Gasteiger partial charge in [0.25, 0.3) is 23.6 Å². The van der Waals surface area contributed by atoms with Crippen LogP contribution in [0, 0.1) is 0 Å². The molecule has 16 heteroatoms. The van der Waals surface area contributed by atoms with Crippen LogP contribution in [0.2, 0.25) is 0 Å². The van der Waals surface area contributed by atoms with E-state index in [-0.39, 0.29) is 47.4 Å². The van der Waals surface area contributed by atoms with Crippen LogP contribution in [0.3, 0.4) is 0 Å². The molecule has 1 aliphatic heterocycles. The summed E-state index contributed by atoms with van der Waals surface area (Å²) < 4.78 is 89.8. The van der Waals surface area contributed by atoms with E-state index in [1.54, 1.807) is 51.1 Å². The highest BCUT2D eigenvalue weighted by Crippen LogP contribution is 2.47. The minimum absolute atomic E-state index is 0.00320. The summed E-state index contributed by atoms with van der Waals surface area (Å²) in [5, 5.41) is 10.1. The number of fused-ring (bicyclic) bond motifs is 5. The fourth-order valence-electron chi connectivity index (χ4n) is 5.43. The van der Waals surface area contributed by atoms with E-state index in [1.165, 1.54) is 11.0 Å². The van der Waals surface area contributed by atoms with Gasteiger partial charge in [-0.2, -0.15) is 13.2 Å². The molecule has 1 atom stereocenters. The van der Waals surface area contributed by atoms with Gasteiger partial charge in [-0.05, 0) is 67.6 Å². The van der Waals surface area contributed by atoms with Gasteiger partial charge in [0.1, 0.15) is 11.3 Å². The lowest BCUT2D eigenvalue weighted by Gasteiger charge is -2.42. The van der Waals surface area contributed by atoms with Crippen molar-refractivity contribution in [3.05, 3.63) is 58.0 Å². The van der Waals surface area contributed by atoms with Gasteiger partial charge in [0.2, 0.25) is 5.60 Å². The number of ether oxygens (including phenoxy) is 2. The standard InChI is InChI=1S/C31H33BrF5N5O5/c1-28(2,3)47-27(44)38-21-14-20(32)22-25(43)42(19-15-29(33,34)16-19)13-9-5-8-12-30(31(35,36)37,45-17-18-10-6-4-7-11-18)26-41-40-24(46-26)23(21)39-22/h4,6-7,10-11,14,19H,5,8-9,12-13,15-17H2,1-3H3,(H,38,44). The number of aromatic nitrogens is 3. The lowest BCUT2D eigenvalue weighted by molar-refractivity contribution is -0.300. The zero-order valence-corrected chi connectivity index (χ0v) is 27.4. The average Bonchev–Trinajstić information content (AvgIpc) is 3.44. The average molecular weight is 731 g/mol. The number of amides is 2. The van der Waals surface area contributed by atoms with Gasteiger partial charge in [-0.15, -0.1) is 10.2 Å². The summed E-state index contributed by atoms with van der Waals surface area (Å²) in [7, 11) is 0. The van der Waals surface area contributed by atoms with Gasteiger partial charge >= 0.3 is 12.3 Å². The highest BCUT2D eigenvalue weighted by atomic mass is 79.9. The summed E-state index contributed by atoms with van der Waals surface area (Å²) >= 11 is 3.29. The predicted molar refractivity (Wildman–Crippen MR) is 162 cm³/mol. The number of carbonyl (C=O) groups excluding carboxylic acids is 2. The molecule has 47 heavy (non-hydrogen) atoms. The molecule has 1 unspecified atom stereocenters. The molecule has 10 nitrogen and oxygen atoms in total. The van der Waals surface area contributed by atoms with Crippen LogP contribution in [0.15, 0.2) is 45.3 Å². The minimum atomic E-state index is -5.02. The van der Waals surface area contributed by atoms with Crippen LogP contribution in [0.25, 0.3) is 11.6 Å². The van der Waals surface area contributed by atoms with E-state index in [4.69, 9.17) is 13.9 Å². The molecule has 1 fully saturated rings. The van der Waals surface area contributed by atoms with Crippen molar-refractivity contribution in [1.29, 1.82) is 0 Å². The predicted octanol–water partition coefficient (Wildman–Crippen LogP) is 8.03. The zero-order chi connectivity index (χ0) is 34.2. The number of alkyl halides is 5. The number of nitrogens with one attached hydrogen (secondary N) is 1. The van der Waals surface area contributed by atoms with Crippen molar-refractivity contribution in [1.82, 2.24) is 20.1 Å². The van der Waals surface area contributed by atoms with Gasteiger partial charge in [-0.25, -0.2) is 18.6 Å². The summed E-state index contributed by atoms with van der Waals surface area (Å²) in [6.45, 7) is 4.46. The molecule has 2 amide bonds. The molecule has 3 aromatic rings. The van der Waals surface area contributed by atoms with Crippen molar-refractivity contribution in [3.63, 3.8) is 0 Å². The van der Waals surface area contributed by atoms with Crippen molar-refractivity contribution in [3.8, 4) is 11.6 Å². The summed E-state index contributed by atoms with van der Waals surface area (Å²) in [5.41, 5.74) is -4.18. The van der Waals surface area contributed by atoms with Gasteiger partial charge < -0.3 is 18.8 Å². The van der Waals surface area contributed by atoms with E-state index in [1.807, 2.05) is 0 Å². The number of hydrogen-bond donors (Lipinski definition) is 1. The molecule has 1 aliphatic carbocycles. The Labute approximate surface area is 275 Å². The normalized spacial score (nSPS) is 20.7. The molecule has 4 bridgehead atoms. The summed E-state index contributed by atoms with van der Waals surface area (Å²) in [4.78, 5) is 32.2. The third-order valence-corrected chi connectivity index (χ3v) is 8.38. The smallest absolute Gasteiger partial charge is 0.426 e. The molecular weight excluding hydrogens is 697 g/mol. The fourth-order valence-corrected chi connectivity index (χ4v) is 5.92. The van der Waals surface area contributed by atoms with Crippen LogP contribution in [0.5, 0.6) is 0 Å². The van der Waals surface area contributed by atoms with Crippen molar-refractivity contribution in [2.45, 2.75) is 95.2 Å². The number of carbonyl (C=O) groups is 2. The maximum atomic E-state index is 15.1. The Morgan fingerprint density at radius 1 is 1.09 bits per heavy atom. The summed E-state index contributed by atoms with van der Waals surface area (Å²) in [6.07, 6.45) is -7.28. The SMILES string of the molecule is CC(C)(C)OC(=O)Nc1cc(Br)c2nc1-c1nnc(o1)C(OCc1ccccc1)(C(F)(F)F)CCCCCN(C1CC(F)(F)C1)C2=O. The Bertz CT molecular complexity index is 1610. The number of benzene rings is 1. The first-order valence-corrected chi connectivity index (χ1v) is 15.8. The van der Waals surface area contributed by atoms with Gasteiger partial charge in [-0.3, -0.25) is 10.1 Å². The molecule has 2 aliphatic rings. The topological polar surface area (TPSA) is 120 Å². The van der Waals surface area contributed by atoms with Crippen LogP contribution in [-0.2, 0) is 21.7 Å². The zero-order valence-electron chi connectivity index (χ0n) is 25.8. The number of hydrogen-bond acceptors (Lipinski definition) is 8. The van der Waals surface area contributed by atoms with E-state index in [0.29, 0.717) is 5.56 Å². The van der Waals surface area contributed by atoms with Crippen LogP contribution >= 0.6 is 15.9 Å². The second-order valence-electron chi connectivity index (χ2n) is 12.6. The highest BCUT2D eigenvalue weighted by molar-refractivity contribution is 9.10. The van der Waals surface area contributed by atoms with E-state index >= 15 is 13.2 Å². The maximum Gasteiger partial charge on any atom is 0.426 e. The van der Waals surface area contributed by atoms with Gasteiger partial charge in [0.15, 0.2) is 5.69 Å².